The number of fused-ring (bicyclic) bond motifs is 7. The summed E-state index contributed by atoms with van der Waals surface area (Å²) in [6.07, 6.45) is 4.46. The van der Waals surface area contributed by atoms with Gasteiger partial charge in [-0.2, -0.15) is 0 Å². The van der Waals surface area contributed by atoms with Gasteiger partial charge >= 0.3 is 0 Å². The average Bonchev–Trinajstić information content (AvgIpc) is 3.74. The minimum Gasteiger partial charge on any atom is -0.456 e. The van der Waals surface area contributed by atoms with Crippen molar-refractivity contribution in [3.63, 3.8) is 0 Å². The van der Waals surface area contributed by atoms with Crippen LogP contribution in [0.2, 0.25) is 0 Å². The van der Waals surface area contributed by atoms with Crippen LogP contribution in [0.4, 0.5) is 11.4 Å². The van der Waals surface area contributed by atoms with Crippen molar-refractivity contribution < 1.29 is 4.42 Å². The van der Waals surface area contributed by atoms with Crippen LogP contribution in [-0.4, -0.2) is 15.0 Å². The van der Waals surface area contributed by atoms with Crippen molar-refractivity contribution in [2.24, 2.45) is 0 Å². The Hall–Kier alpha value is -6.59. The molecular weight excluding hydrogens is 613 g/mol. The molecule has 0 N–H and O–H groups in total. The van der Waals surface area contributed by atoms with Crippen LogP contribution in [0.5, 0.6) is 0 Å². The van der Waals surface area contributed by atoms with Crippen molar-refractivity contribution in [2.45, 2.75) is 12.0 Å². The summed E-state index contributed by atoms with van der Waals surface area (Å²) in [6.45, 7) is 0. The van der Waals surface area contributed by atoms with E-state index in [1.165, 1.54) is 16.8 Å². The maximum absolute atomic E-state index is 6.94. The average molecular weight is 643 g/mol. The summed E-state index contributed by atoms with van der Waals surface area (Å²) >= 11 is 0. The predicted octanol–water partition coefficient (Wildman–Crippen LogP) is 11.3. The molecule has 5 heteroatoms. The number of nitrogens with zero attached hydrogens (tertiary/aromatic N) is 4. The first-order chi connectivity index (χ1) is 24.8. The standard InChI is InChI=1S/C45H30N4O/c1-5-15-29(16-6-1)32-27-36-40-39(26-25-35-34-23-13-14-24-38(34)49(41(35)40)33-21-11-4-12-22-33)50-42(36)37(28-32)45-47-43(30-17-7-2-8-18-30)46-44(48-45)31-19-9-3-10-20-31/h1-28,35,41H. The van der Waals surface area contributed by atoms with Crippen LogP contribution >= 0.6 is 0 Å². The lowest BCUT2D eigenvalue weighted by Crippen LogP contribution is -2.23. The zero-order valence-electron chi connectivity index (χ0n) is 27.0. The first-order valence-corrected chi connectivity index (χ1v) is 16.9. The Labute approximate surface area is 289 Å². The highest BCUT2D eigenvalue weighted by Gasteiger charge is 2.44. The lowest BCUT2D eigenvalue weighted by atomic mass is 9.84. The molecule has 2 aromatic heterocycles. The minimum absolute atomic E-state index is 0.00745. The highest BCUT2D eigenvalue weighted by atomic mass is 16.3. The van der Waals surface area contributed by atoms with Gasteiger partial charge in [-0.05, 0) is 53.1 Å². The first kappa shape index (κ1) is 28.4. The van der Waals surface area contributed by atoms with Crippen molar-refractivity contribution in [2.75, 3.05) is 4.90 Å². The van der Waals surface area contributed by atoms with Crippen molar-refractivity contribution in [3.05, 3.63) is 181 Å². The summed E-state index contributed by atoms with van der Waals surface area (Å²) in [5.74, 6) is 2.83. The molecule has 0 saturated heterocycles. The van der Waals surface area contributed by atoms with E-state index in [0.29, 0.717) is 17.5 Å². The van der Waals surface area contributed by atoms with E-state index in [-0.39, 0.29) is 12.0 Å². The van der Waals surface area contributed by atoms with E-state index in [9.17, 15) is 0 Å². The van der Waals surface area contributed by atoms with Crippen molar-refractivity contribution in [1.29, 1.82) is 0 Å². The number of hydrogen-bond acceptors (Lipinski definition) is 5. The van der Waals surface area contributed by atoms with E-state index in [0.717, 1.165) is 50.2 Å². The Morgan fingerprint density at radius 1 is 0.520 bits per heavy atom. The van der Waals surface area contributed by atoms with Gasteiger partial charge in [0.25, 0.3) is 0 Å². The lowest BCUT2D eigenvalue weighted by molar-refractivity contribution is 0.573. The highest BCUT2D eigenvalue weighted by Crippen LogP contribution is 2.58. The van der Waals surface area contributed by atoms with Gasteiger partial charge in [-0.1, -0.05) is 133 Å². The maximum atomic E-state index is 6.94. The Kier molecular flexibility index (Phi) is 6.56. The Bertz CT molecular complexity index is 2490. The SMILES string of the molecule is C1=CC2c3ccccc3N(c3ccccc3)C2c2c1oc1c(-c3nc(-c4ccccc4)nc(-c4ccccc4)n3)cc(-c3ccccc3)cc21. The van der Waals surface area contributed by atoms with Gasteiger partial charge in [0.05, 0.1) is 11.6 Å². The van der Waals surface area contributed by atoms with Crippen molar-refractivity contribution in [1.82, 2.24) is 15.0 Å². The summed E-state index contributed by atoms with van der Waals surface area (Å²) < 4.78 is 6.94. The molecule has 2 unspecified atom stereocenters. The molecule has 0 radical (unpaired) electrons. The molecule has 2 atom stereocenters. The van der Waals surface area contributed by atoms with Crippen molar-refractivity contribution >= 4 is 28.4 Å². The zero-order valence-corrected chi connectivity index (χ0v) is 27.0. The molecular formula is C45H30N4O. The van der Waals surface area contributed by atoms with E-state index in [4.69, 9.17) is 19.4 Å². The summed E-state index contributed by atoms with van der Waals surface area (Å²) in [4.78, 5) is 17.7. The van der Waals surface area contributed by atoms with E-state index in [2.05, 4.69) is 114 Å². The van der Waals surface area contributed by atoms with Gasteiger partial charge in [-0.25, -0.2) is 15.0 Å². The second kappa shape index (κ2) is 11.5. The van der Waals surface area contributed by atoms with Crippen LogP contribution in [0, 0.1) is 0 Å². The normalized spacial score (nSPS) is 15.9. The van der Waals surface area contributed by atoms with Crippen LogP contribution in [-0.2, 0) is 0 Å². The molecule has 1 aliphatic heterocycles. The smallest absolute Gasteiger partial charge is 0.167 e. The van der Waals surface area contributed by atoms with Gasteiger partial charge < -0.3 is 9.32 Å². The third-order valence-electron chi connectivity index (χ3n) is 9.86. The highest BCUT2D eigenvalue weighted by molar-refractivity contribution is 6.00. The molecule has 0 fully saturated rings. The summed E-state index contributed by atoms with van der Waals surface area (Å²) in [5.41, 5.74) is 10.5. The molecule has 10 rings (SSSR count). The maximum Gasteiger partial charge on any atom is 0.167 e. The van der Waals surface area contributed by atoms with Crippen LogP contribution < -0.4 is 4.90 Å². The van der Waals surface area contributed by atoms with E-state index < -0.39 is 0 Å². The quantitative estimate of drug-likeness (QED) is 0.187. The fraction of sp³-hybridized carbons (Fsp3) is 0.0444. The molecule has 0 saturated carbocycles. The minimum atomic E-state index is 0.00745. The number of hydrogen-bond donors (Lipinski definition) is 0. The van der Waals surface area contributed by atoms with Gasteiger partial charge in [0.1, 0.15) is 11.3 Å². The molecule has 6 aromatic carbocycles. The molecule has 0 spiro atoms. The molecule has 1 aliphatic carbocycles. The Morgan fingerprint density at radius 2 is 1.08 bits per heavy atom. The Balaban J connectivity index is 1.25. The third-order valence-corrected chi connectivity index (χ3v) is 9.86. The molecule has 50 heavy (non-hydrogen) atoms. The molecule has 236 valence electrons. The topological polar surface area (TPSA) is 55.1 Å². The molecule has 8 aromatic rings. The molecule has 3 heterocycles. The lowest BCUT2D eigenvalue weighted by Gasteiger charge is -2.31. The van der Waals surface area contributed by atoms with E-state index >= 15 is 0 Å². The molecule has 2 aliphatic rings. The fourth-order valence-electron chi connectivity index (χ4n) is 7.62. The summed E-state index contributed by atoms with van der Waals surface area (Å²) in [5, 5.41) is 1.06. The third kappa shape index (κ3) is 4.59. The van der Waals surface area contributed by atoms with Gasteiger partial charge in [-0.3, -0.25) is 0 Å². The molecule has 0 bridgehead atoms. The van der Waals surface area contributed by atoms with Gasteiger partial charge in [0, 0.05) is 39.4 Å². The number of furan rings is 1. The number of benzene rings is 6. The van der Waals surface area contributed by atoms with Crippen LogP contribution in [0.3, 0.4) is 0 Å². The molecule has 5 nitrogen and oxygen atoms in total. The number of aromatic nitrogens is 3. The predicted molar refractivity (Wildman–Crippen MR) is 201 cm³/mol. The number of para-hydroxylation sites is 2. The van der Waals surface area contributed by atoms with E-state index in [1.807, 2.05) is 60.7 Å². The monoisotopic (exact) mass is 642 g/mol. The summed E-state index contributed by atoms with van der Waals surface area (Å²) in [7, 11) is 0. The van der Waals surface area contributed by atoms with Crippen molar-refractivity contribution in [3.8, 4) is 45.3 Å². The first-order valence-electron chi connectivity index (χ1n) is 16.9. The van der Waals surface area contributed by atoms with Gasteiger partial charge in [-0.15, -0.1) is 0 Å². The molecule has 0 amide bonds. The zero-order chi connectivity index (χ0) is 33.0. The van der Waals surface area contributed by atoms with Gasteiger partial charge in [0.2, 0.25) is 0 Å². The number of anilines is 2. The van der Waals surface area contributed by atoms with E-state index in [1.54, 1.807) is 0 Å². The van der Waals surface area contributed by atoms with Gasteiger partial charge in [0.15, 0.2) is 17.5 Å². The largest absolute Gasteiger partial charge is 0.456 e. The Morgan fingerprint density at radius 3 is 1.74 bits per heavy atom. The van der Waals surface area contributed by atoms with Crippen LogP contribution in [0.25, 0.3) is 62.3 Å². The number of rotatable bonds is 5. The second-order valence-corrected chi connectivity index (χ2v) is 12.8. The second-order valence-electron chi connectivity index (χ2n) is 12.8. The van der Waals surface area contributed by atoms with Crippen LogP contribution in [0.15, 0.2) is 168 Å². The fourth-order valence-corrected chi connectivity index (χ4v) is 7.62. The van der Waals surface area contributed by atoms with Crippen LogP contribution in [0.1, 0.15) is 28.8 Å². The summed E-state index contributed by atoms with van der Waals surface area (Å²) in [6, 6.07) is 54.6.